The Balaban J connectivity index is 1.38. The molecular weight excluding hydrogens is 322 g/mol. The molecule has 24 heavy (non-hydrogen) atoms. The molecule has 3 heterocycles. The smallest absolute Gasteiger partial charge is 0.315 e. The number of hydrogen-bond acceptors (Lipinski definition) is 5. The first-order chi connectivity index (χ1) is 11.7. The van der Waals surface area contributed by atoms with Crippen molar-refractivity contribution in [1.29, 1.82) is 0 Å². The minimum Gasteiger partial charge on any atom is -0.371 e. The van der Waals surface area contributed by atoms with Crippen molar-refractivity contribution in [3.8, 4) is 0 Å². The van der Waals surface area contributed by atoms with E-state index in [2.05, 4.69) is 25.5 Å². The highest BCUT2D eigenvalue weighted by Crippen LogP contribution is 2.22. The van der Waals surface area contributed by atoms with Crippen molar-refractivity contribution in [2.75, 3.05) is 24.5 Å². The number of piperidine rings is 1. The van der Waals surface area contributed by atoms with Gasteiger partial charge in [0, 0.05) is 49.3 Å². The Labute approximate surface area is 146 Å². The second-order valence-electron chi connectivity index (χ2n) is 6.08. The molecule has 2 aromatic heterocycles. The van der Waals surface area contributed by atoms with Crippen molar-refractivity contribution in [3.05, 3.63) is 41.1 Å². The maximum atomic E-state index is 12.0. The molecule has 2 aromatic rings. The predicted molar refractivity (Wildman–Crippen MR) is 96.2 cm³/mol. The Morgan fingerprint density at radius 1 is 1.33 bits per heavy atom. The first-order valence-corrected chi connectivity index (χ1v) is 9.19. The van der Waals surface area contributed by atoms with Gasteiger partial charge in [0.05, 0.1) is 6.04 Å². The Kier molecular flexibility index (Phi) is 5.63. The monoisotopic (exact) mass is 345 g/mol. The molecule has 1 atom stereocenters. The average molecular weight is 345 g/mol. The fraction of sp³-hybridized carbons (Fsp3) is 0.471. The van der Waals surface area contributed by atoms with Crippen LogP contribution in [0.4, 0.5) is 10.5 Å². The van der Waals surface area contributed by atoms with Crippen LogP contribution in [0.3, 0.4) is 0 Å². The van der Waals surface area contributed by atoms with Gasteiger partial charge in [0.1, 0.15) is 5.01 Å². The third-order valence-electron chi connectivity index (χ3n) is 4.36. The molecule has 0 aliphatic carbocycles. The SMILES string of the molecule is C[C@@H](NC(=O)NCC1CCN(c2ccncc2)CC1)c1nccs1. The van der Waals surface area contributed by atoms with Gasteiger partial charge in [0.25, 0.3) is 0 Å². The van der Waals surface area contributed by atoms with Gasteiger partial charge in [-0.15, -0.1) is 11.3 Å². The van der Waals surface area contributed by atoms with Crippen molar-refractivity contribution in [1.82, 2.24) is 20.6 Å². The van der Waals surface area contributed by atoms with Crippen LogP contribution in [0.15, 0.2) is 36.1 Å². The summed E-state index contributed by atoms with van der Waals surface area (Å²) in [6.45, 7) is 4.72. The predicted octanol–water partition coefficient (Wildman–Crippen LogP) is 2.81. The standard InChI is InChI=1S/C17H23N5OS/c1-13(16-19-8-11-24-16)21-17(23)20-12-14-4-9-22(10-5-14)15-2-6-18-7-3-15/h2-3,6-8,11,13-14H,4-5,9-10,12H2,1H3,(H2,20,21,23)/t13-/m1/s1. The topological polar surface area (TPSA) is 70.2 Å². The lowest BCUT2D eigenvalue weighted by Gasteiger charge is -2.33. The molecule has 1 saturated heterocycles. The van der Waals surface area contributed by atoms with Crippen LogP contribution in [0, 0.1) is 5.92 Å². The van der Waals surface area contributed by atoms with E-state index in [1.807, 2.05) is 36.8 Å². The molecule has 0 radical (unpaired) electrons. The molecule has 0 saturated carbocycles. The van der Waals surface area contributed by atoms with E-state index in [1.54, 1.807) is 17.5 Å². The highest BCUT2D eigenvalue weighted by atomic mass is 32.1. The van der Waals surface area contributed by atoms with Gasteiger partial charge in [-0.05, 0) is 37.8 Å². The molecule has 2 N–H and O–H groups in total. The van der Waals surface area contributed by atoms with Crippen LogP contribution in [0.1, 0.15) is 30.8 Å². The van der Waals surface area contributed by atoms with E-state index in [-0.39, 0.29) is 12.1 Å². The molecule has 0 unspecified atom stereocenters. The van der Waals surface area contributed by atoms with Crippen LogP contribution >= 0.6 is 11.3 Å². The molecule has 2 amide bonds. The lowest BCUT2D eigenvalue weighted by molar-refractivity contribution is 0.234. The van der Waals surface area contributed by atoms with Crippen LogP contribution in [-0.2, 0) is 0 Å². The summed E-state index contributed by atoms with van der Waals surface area (Å²) in [5.74, 6) is 0.531. The molecule has 7 heteroatoms. The quantitative estimate of drug-likeness (QED) is 0.874. The molecule has 1 fully saturated rings. The average Bonchev–Trinajstić information content (AvgIpc) is 3.16. The minimum absolute atomic E-state index is 0.0569. The van der Waals surface area contributed by atoms with Crippen molar-refractivity contribution in [2.45, 2.75) is 25.8 Å². The molecule has 128 valence electrons. The number of carbonyl (C=O) groups is 1. The van der Waals surface area contributed by atoms with Crippen LogP contribution in [0.5, 0.6) is 0 Å². The fourth-order valence-electron chi connectivity index (χ4n) is 2.94. The molecule has 0 aromatic carbocycles. The maximum Gasteiger partial charge on any atom is 0.315 e. The molecule has 3 rings (SSSR count). The zero-order valence-corrected chi connectivity index (χ0v) is 14.6. The maximum absolute atomic E-state index is 12.0. The number of amides is 2. The number of nitrogens with zero attached hydrogens (tertiary/aromatic N) is 3. The summed E-state index contributed by atoms with van der Waals surface area (Å²) < 4.78 is 0. The highest BCUT2D eigenvalue weighted by molar-refractivity contribution is 7.09. The van der Waals surface area contributed by atoms with Gasteiger partial charge in [-0.3, -0.25) is 4.98 Å². The van der Waals surface area contributed by atoms with Gasteiger partial charge in [0.15, 0.2) is 0 Å². The number of thiazole rings is 1. The summed E-state index contributed by atoms with van der Waals surface area (Å²) in [5.41, 5.74) is 1.23. The summed E-state index contributed by atoms with van der Waals surface area (Å²) in [4.78, 5) is 22.7. The molecule has 1 aliphatic heterocycles. The van der Waals surface area contributed by atoms with Gasteiger partial charge in [-0.25, -0.2) is 9.78 Å². The van der Waals surface area contributed by atoms with Crippen molar-refractivity contribution in [2.24, 2.45) is 5.92 Å². The molecule has 1 aliphatic rings. The molecule has 0 spiro atoms. The van der Waals surface area contributed by atoms with Crippen LogP contribution in [0.2, 0.25) is 0 Å². The second-order valence-corrected chi connectivity index (χ2v) is 7.01. The van der Waals surface area contributed by atoms with Gasteiger partial charge in [-0.2, -0.15) is 0 Å². The zero-order valence-electron chi connectivity index (χ0n) is 13.8. The van der Waals surface area contributed by atoms with Gasteiger partial charge >= 0.3 is 6.03 Å². The normalized spacial score (nSPS) is 16.6. The number of urea groups is 1. The van der Waals surface area contributed by atoms with E-state index in [9.17, 15) is 4.79 Å². The first-order valence-electron chi connectivity index (χ1n) is 8.31. The van der Waals surface area contributed by atoms with Crippen LogP contribution < -0.4 is 15.5 Å². The van der Waals surface area contributed by atoms with Crippen molar-refractivity contribution >= 4 is 23.1 Å². The van der Waals surface area contributed by atoms with Crippen LogP contribution in [0.25, 0.3) is 0 Å². The van der Waals surface area contributed by atoms with E-state index in [0.717, 1.165) is 37.5 Å². The van der Waals surface area contributed by atoms with Gasteiger partial charge < -0.3 is 15.5 Å². The Morgan fingerprint density at radius 2 is 2.08 bits per heavy atom. The van der Waals surface area contributed by atoms with Gasteiger partial charge in [0.2, 0.25) is 0 Å². The first kappa shape index (κ1) is 16.7. The van der Waals surface area contributed by atoms with Gasteiger partial charge in [-0.1, -0.05) is 0 Å². The Morgan fingerprint density at radius 3 is 2.75 bits per heavy atom. The number of aromatic nitrogens is 2. The van der Waals surface area contributed by atoms with Crippen LogP contribution in [-0.4, -0.2) is 35.6 Å². The Bertz CT molecular complexity index is 626. The summed E-state index contributed by atoms with van der Waals surface area (Å²) >= 11 is 1.55. The minimum atomic E-state index is -0.116. The van der Waals surface area contributed by atoms with E-state index in [1.165, 1.54) is 5.69 Å². The number of anilines is 1. The third-order valence-corrected chi connectivity index (χ3v) is 5.32. The molecule has 0 bridgehead atoms. The van der Waals surface area contributed by atoms with E-state index in [4.69, 9.17) is 0 Å². The summed E-state index contributed by atoms with van der Waals surface area (Å²) in [6, 6.07) is 3.92. The second kappa shape index (κ2) is 8.10. The number of hydrogen-bond donors (Lipinski definition) is 2. The summed E-state index contributed by atoms with van der Waals surface area (Å²) in [6.07, 6.45) is 7.59. The number of pyridine rings is 1. The fourth-order valence-corrected chi connectivity index (χ4v) is 3.59. The number of carbonyl (C=O) groups excluding carboxylic acids is 1. The highest BCUT2D eigenvalue weighted by Gasteiger charge is 2.20. The zero-order chi connectivity index (χ0) is 16.8. The summed E-state index contributed by atoms with van der Waals surface area (Å²) in [5, 5.41) is 8.78. The third kappa shape index (κ3) is 4.44. The summed E-state index contributed by atoms with van der Waals surface area (Å²) in [7, 11) is 0. The largest absolute Gasteiger partial charge is 0.371 e. The lowest BCUT2D eigenvalue weighted by atomic mass is 9.96. The van der Waals surface area contributed by atoms with Crippen molar-refractivity contribution < 1.29 is 4.79 Å². The Hall–Kier alpha value is -2.15. The molecular formula is C17H23N5OS. The number of rotatable bonds is 5. The van der Waals surface area contributed by atoms with E-state index in [0.29, 0.717) is 5.92 Å². The lowest BCUT2D eigenvalue weighted by Crippen LogP contribution is -2.42. The van der Waals surface area contributed by atoms with Crippen molar-refractivity contribution in [3.63, 3.8) is 0 Å². The van der Waals surface area contributed by atoms with E-state index >= 15 is 0 Å². The van der Waals surface area contributed by atoms with E-state index < -0.39 is 0 Å². The number of nitrogens with one attached hydrogen (secondary N) is 2. The molecule has 6 nitrogen and oxygen atoms in total.